The van der Waals surface area contributed by atoms with Gasteiger partial charge in [-0.25, -0.2) is 0 Å². The van der Waals surface area contributed by atoms with E-state index in [-0.39, 0.29) is 23.7 Å². The van der Waals surface area contributed by atoms with Gasteiger partial charge in [-0.05, 0) is 44.6 Å². The third-order valence-corrected chi connectivity index (χ3v) is 5.71. The molecule has 2 aromatic carbocycles. The Bertz CT molecular complexity index is 818. The molecule has 0 aliphatic carbocycles. The number of phenolic OH excluding ortho intramolecular Hbond substituents is 1. The summed E-state index contributed by atoms with van der Waals surface area (Å²) in [6, 6.07) is 14.3. The maximum Gasteiger partial charge on any atom is 0.170 e. The lowest BCUT2D eigenvalue weighted by atomic mass is 9.94. The molecule has 1 fully saturated rings. The van der Waals surface area contributed by atoms with Crippen molar-refractivity contribution >= 4 is 11.5 Å². The van der Waals surface area contributed by atoms with Crippen LogP contribution < -0.4 is 9.64 Å². The van der Waals surface area contributed by atoms with Gasteiger partial charge < -0.3 is 14.7 Å². The Kier molecular flexibility index (Phi) is 5.06. The topological polar surface area (TPSA) is 49.8 Å². The molecule has 2 atom stereocenters. The van der Waals surface area contributed by atoms with Gasteiger partial charge in [-0.2, -0.15) is 0 Å². The van der Waals surface area contributed by atoms with Crippen molar-refractivity contribution < 1.29 is 14.6 Å². The molecule has 0 amide bonds. The molecule has 0 aromatic heterocycles. The van der Waals surface area contributed by atoms with Gasteiger partial charge >= 0.3 is 0 Å². The van der Waals surface area contributed by atoms with Crippen molar-refractivity contribution in [2.24, 2.45) is 0 Å². The number of phenols is 1. The molecule has 0 saturated carbocycles. The van der Waals surface area contributed by atoms with Crippen LogP contribution in [-0.4, -0.2) is 29.6 Å². The lowest BCUT2D eigenvalue weighted by molar-refractivity contribution is 0.0966. The minimum absolute atomic E-state index is 0.0492. The standard InChI is InChI=1S/C23H27NO3/c1-16(7-5-10-17-8-3-2-4-9-17)27-19-14-20-23(22(26)15-19)21(25)13-18-11-6-12-24(18)20/h2-4,8-9,14-16,18,26H,5-7,10-13H2,1H3/t16-,18+/m0/s1. The number of hydrogen-bond acceptors (Lipinski definition) is 4. The number of fused-ring (bicyclic) bond motifs is 3. The number of anilines is 1. The van der Waals surface area contributed by atoms with Gasteiger partial charge in [0.05, 0.1) is 17.4 Å². The molecule has 4 rings (SSSR count). The first-order chi connectivity index (χ1) is 13.1. The quantitative estimate of drug-likeness (QED) is 0.803. The zero-order chi connectivity index (χ0) is 18.8. The van der Waals surface area contributed by atoms with Gasteiger partial charge in [-0.1, -0.05) is 30.3 Å². The van der Waals surface area contributed by atoms with E-state index >= 15 is 0 Å². The predicted octanol–water partition coefficient (Wildman–Crippen LogP) is 4.74. The van der Waals surface area contributed by atoms with Crippen molar-refractivity contribution in [1.82, 2.24) is 0 Å². The highest BCUT2D eigenvalue weighted by atomic mass is 16.5. The highest BCUT2D eigenvalue weighted by Gasteiger charge is 2.36. The lowest BCUT2D eigenvalue weighted by Gasteiger charge is -2.33. The number of Topliss-reactive ketones (excluding diaryl/α,β-unsaturated/α-hetero) is 1. The molecule has 0 bridgehead atoms. The predicted molar refractivity (Wildman–Crippen MR) is 107 cm³/mol. The lowest BCUT2D eigenvalue weighted by Crippen LogP contribution is -2.36. The van der Waals surface area contributed by atoms with Crippen LogP contribution in [0.15, 0.2) is 42.5 Å². The highest BCUT2D eigenvalue weighted by molar-refractivity contribution is 6.06. The van der Waals surface area contributed by atoms with Crippen LogP contribution >= 0.6 is 0 Å². The maximum atomic E-state index is 12.4. The number of nitrogens with zero attached hydrogens (tertiary/aromatic N) is 1. The van der Waals surface area contributed by atoms with Crippen LogP contribution in [0.1, 0.15) is 54.9 Å². The normalized spacial score (nSPS) is 19.5. The fourth-order valence-electron chi connectivity index (χ4n) is 4.38. The zero-order valence-electron chi connectivity index (χ0n) is 15.9. The summed E-state index contributed by atoms with van der Waals surface area (Å²) in [4.78, 5) is 14.7. The van der Waals surface area contributed by atoms with E-state index < -0.39 is 0 Å². The molecular formula is C23H27NO3. The first-order valence-corrected chi connectivity index (χ1v) is 9.99. The molecule has 0 spiro atoms. The van der Waals surface area contributed by atoms with Crippen LogP contribution in [0.25, 0.3) is 0 Å². The molecule has 1 N–H and O–H groups in total. The Morgan fingerprint density at radius 3 is 2.89 bits per heavy atom. The molecule has 0 unspecified atom stereocenters. The minimum atomic E-state index is 0.0492. The number of ether oxygens (including phenoxy) is 1. The van der Waals surface area contributed by atoms with Crippen LogP contribution in [0.4, 0.5) is 5.69 Å². The number of hydrogen-bond donors (Lipinski definition) is 1. The summed E-state index contributed by atoms with van der Waals surface area (Å²) in [5.41, 5.74) is 2.66. The molecule has 27 heavy (non-hydrogen) atoms. The van der Waals surface area contributed by atoms with Gasteiger partial charge in [0.25, 0.3) is 0 Å². The van der Waals surface area contributed by atoms with Crippen molar-refractivity contribution in [3.05, 3.63) is 53.6 Å². The molecule has 2 aliphatic heterocycles. The Balaban J connectivity index is 1.42. The van der Waals surface area contributed by atoms with Crippen LogP contribution in [0.5, 0.6) is 11.5 Å². The average molecular weight is 365 g/mol. The first-order valence-electron chi connectivity index (χ1n) is 9.99. The van der Waals surface area contributed by atoms with Gasteiger partial charge in [0, 0.05) is 31.1 Å². The van der Waals surface area contributed by atoms with Gasteiger partial charge in [-0.3, -0.25) is 4.79 Å². The summed E-state index contributed by atoms with van der Waals surface area (Å²) in [6.45, 7) is 3.01. The Morgan fingerprint density at radius 2 is 2.07 bits per heavy atom. The molecule has 2 aromatic rings. The number of aromatic hydroxyl groups is 1. The number of aryl methyl sites for hydroxylation is 1. The second-order valence-corrected chi connectivity index (χ2v) is 7.76. The summed E-state index contributed by atoms with van der Waals surface area (Å²) < 4.78 is 6.08. The van der Waals surface area contributed by atoms with E-state index in [1.165, 1.54) is 5.56 Å². The second-order valence-electron chi connectivity index (χ2n) is 7.76. The number of benzene rings is 2. The van der Waals surface area contributed by atoms with E-state index in [9.17, 15) is 9.90 Å². The first kappa shape index (κ1) is 17.9. The largest absolute Gasteiger partial charge is 0.507 e. The van der Waals surface area contributed by atoms with Gasteiger partial charge in [0.1, 0.15) is 11.5 Å². The molecular weight excluding hydrogens is 338 g/mol. The molecule has 4 heteroatoms. The van der Waals surface area contributed by atoms with Crippen molar-refractivity contribution in [3.8, 4) is 11.5 Å². The molecule has 1 saturated heterocycles. The summed E-state index contributed by atoms with van der Waals surface area (Å²) in [5, 5.41) is 10.4. The Morgan fingerprint density at radius 1 is 1.26 bits per heavy atom. The molecule has 2 aliphatic rings. The van der Waals surface area contributed by atoms with Gasteiger partial charge in [0.2, 0.25) is 0 Å². The Hall–Kier alpha value is -2.49. The van der Waals surface area contributed by atoms with Gasteiger partial charge in [0.15, 0.2) is 5.78 Å². The average Bonchev–Trinajstić information content (AvgIpc) is 3.11. The summed E-state index contributed by atoms with van der Waals surface area (Å²) >= 11 is 0. The van der Waals surface area contributed by atoms with E-state index in [0.717, 1.165) is 44.3 Å². The van der Waals surface area contributed by atoms with E-state index in [1.54, 1.807) is 6.07 Å². The van der Waals surface area contributed by atoms with Crippen molar-refractivity contribution in [3.63, 3.8) is 0 Å². The molecule has 142 valence electrons. The number of rotatable bonds is 6. The van der Waals surface area contributed by atoms with Crippen LogP contribution in [0, 0.1) is 0 Å². The summed E-state index contributed by atoms with van der Waals surface area (Å²) in [7, 11) is 0. The molecule has 4 nitrogen and oxygen atoms in total. The molecule has 2 heterocycles. The van der Waals surface area contributed by atoms with E-state index in [1.807, 2.05) is 12.1 Å². The minimum Gasteiger partial charge on any atom is -0.507 e. The van der Waals surface area contributed by atoms with Gasteiger partial charge in [-0.15, -0.1) is 0 Å². The second kappa shape index (κ2) is 7.63. The smallest absolute Gasteiger partial charge is 0.170 e. The summed E-state index contributed by atoms with van der Waals surface area (Å²) in [6.07, 6.45) is 5.74. The van der Waals surface area contributed by atoms with Crippen molar-refractivity contribution in [1.29, 1.82) is 0 Å². The number of carbonyl (C=O) groups excluding carboxylic acids is 1. The SMILES string of the molecule is C[C@@H](CCCc1ccccc1)Oc1cc(O)c2c(c1)N1CCC[C@@H]1CC2=O. The van der Waals surface area contributed by atoms with Crippen LogP contribution in [-0.2, 0) is 6.42 Å². The highest BCUT2D eigenvalue weighted by Crippen LogP contribution is 2.42. The van der Waals surface area contributed by atoms with Crippen molar-refractivity contribution in [2.45, 2.75) is 57.6 Å². The molecule has 0 radical (unpaired) electrons. The monoisotopic (exact) mass is 365 g/mol. The van der Waals surface area contributed by atoms with E-state index in [4.69, 9.17) is 4.74 Å². The zero-order valence-corrected chi connectivity index (χ0v) is 15.9. The summed E-state index contributed by atoms with van der Waals surface area (Å²) in [5.74, 6) is 0.751. The fourth-order valence-corrected chi connectivity index (χ4v) is 4.38. The Labute approximate surface area is 160 Å². The number of carbonyl (C=O) groups is 1. The third kappa shape index (κ3) is 3.80. The van der Waals surface area contributed by atoms with Crippen molar-refractivity contribution in [2.75, 3.05) is 11.4 Å². The number of ketones is 1. The third-order valence-electron chi connectivity index (χ3n) is 5.71. The van der Waals surface area contributed by atoms with E-state index in [2.05, 4.69) is 36.1 Å². The maximum absolute atomic E-state index is 12.4. The van der Waals surface area contributed by atoms with E-state index in [0.29, 0.717) is 17.7 Å². The fraction of sp³-hybridized carbons (Fsp3) is 0.435. The van der Waals surface area contributed by atoms with Crippen LogP contribution in [0.2, 0.25) is 0 Å². The van der Waals surface area contributed by atoms with Crippen LogP contribution in [0.3, 0.4) is 0 Å².